The van der Waals surface area contributed by atoms with E-state index in [1.807, 2.05) is 19.1 Å². The van der Waals surface area contributed by atoms with Gasteiger partial charge >= 0.3 is 0 Å². The fraction of sp³-hybridized carbons (Fsp3) is 0.538. The van der Waals surface area contributed by atoms with Crippen molar-refractivity contribution in [3.63, 3.8) is 0 Å². The number of unbranched alkanes of at least 4 members (excludes halogenated alkanes) is 2. The molecule has 0 saturated heterocycles. The monoisotopic (exact) mass is 235 g/mol. The molecule has 1 atom stereocenters. The van der Waals surface area contributed by atoms with Crippen molar-refractivity contribution in [2.75, 3.05) is 6.54 Å². The van der Waals surface area contributed by atoms with Crippen molar-refractivity contribution in [2.45, 2.75) is 38.6 Å². The molecule has 4 nitrogen and oxygen atoms in total. The van der Waals surface area contributed by atoms with Crippen molar-refractivity contribution in [3.05, 3.63) is 30.1 Å². The third-order valence-electron chi connectivity index (χ3n) is 2.67. The molecule has 0 aliphatic carbocycles. The van der Waals surface area contributed by atoms with Crippen molar-refractivity contribution < 1.29 is 4.79 Å². The molecule has 94 valence electrons. The fourth-order valence-electron chi connectivity index (χ4n) is 1.64. The minimum atomic E-state index is 0.0192. The second-order valence-electron chi connectivity index (χ2n) is 4.17. The van der Waals surface area contributed by atoms with Gasteiger partial charge in [0.2, 0.25) is 5.91 Å². The summed E-state index contributed by atoms with van der Waals surface area (Å²) in [7, 11) is 0. The zero-order chi connectivity index (χ0) is 12.5. The number of carbonyl (C=O) groups is 1. The number of nitrogens with two attached hydrogens (primary N) is 1. The second-order valence-corrected chi connectivity index (χ2v) is 4.17. The molecule has 1 rings (SSSR count). The zero-order valence-electron chi connectivity index (χ0n) is 10.4. The minimum absolute atomic E-state index is 0.0192. The number of nitrogens with zero attached hydrogens (tertiary/aromatic N) is 1. The predicted octanol–water partition coefficient (Wildman–Crippen LogP) is 1.78. The van der Waals surface area contributed by atoms with Crippen molar-refractivity contribution in [1.29, 1.82) is 0 Å². The van der Waals surface area contributed by atoms with Gasteiger partial charge in [0.1, 0.15) is 0 Å². The van der Waals surface area contributed by atoms with Crippen molar-refractivity contribution in [1.82, 2.24) is 10.3 Å². The molecule has 1 heterocycles. The van der Waals surface area contributed by atoms with Crippen LogP contribution in [-0.2, 0) is 4.79 Å². The topological polar surface area (TPSA) is 68.0 Å². The lowest BCUT2D eigenvalue weighted by Crippen LogP contribution is -2.26. The quantitative estimate of drug-likeness (QED) is 0.708. The lowest BCUT2D eigenvalue weighted by molar-refractivity contribution is -0.121. The molecule has 17 heavy (non-hydrogen) atoms. The number of amides is 1. The maximum absolute atomic E-state index is 11.6. The Morgan fingerprint density at radius 1 is 1.47 bits per heavy atom. The molecule has 0 fully saturated rings. The Morgan fingerprint density at radius 3 is 2.94 bits per heavy atom. The maximum Gasteiger partial charge on any atom is 0.220 e. The van der Waals surface area contributed by atoms with Gasteiger partial charge in [-0.25, -0.2) is 0 Å². The third kappa shape index (κ3) is 5.45. The van der Waals surface area contributed by atoms with Crippen LogP contribution in [0.3, 0.4) is 0 Å². The van der Waals surface area contributed by atoms with Crippen LogP contribution in [0.5, 0.6) is 0 Å². The standard InChI is InChI=1S/C13H21N3O/c1-11(12-6-5-9-15-10-12)16-13(17)7-3-2-4-8-14/h5-6,9-11H,2-4,7-8,14H2,1H3,(H,16,17)/t11-/m0/s1. The molecule has 1 amide bonds. The molecular weight excluding hydrogens is 214 g/mol. The van der Waals surface area contributed by atoms with E-state index in [2.05, 4.69) is 10.3 Å². The highest BCUT2D eigenvalue weighted by Gasteiger charge is 2.08. The van der Waals surface area contributed by atoms with Crippen LogP contribution in [0.25, 0.3) is 0 Å². The van der Waals surface area contributed by atoms with Crippen molar-refractivity contribution >= 4 is 5.91 Å². The Labute approximate surface area is 103 Å². The van der Waals surface area contributed by atoms with Gasteiger partial charge in [-0.2, -0.15) is 0 Å². The van der Waals surface area contributed by atoms with Crippen molar-refractivity contribution in [3.8, 4) is 0 Å². The van der Waals surface area contributed by atoms with Crippen LogP contribution < -0.4 is 11.1 Å². The predicted molar refractivity (Wildman–Crippen MR) is 68.3 cm³/mol. The number of rotatable bonds is 7. The van der Waals surface area contributed by atoms with Gasteiger partial charge in [-0.1, -0.05) is 12.5 Å². The van der Waals surface area contributed by atoms with Gasteiger partial charge in [-0.15, -0.1) is 0 Å². The number of aromatic nitrogens is 1. The molecule has 0 radical (unpaired) electrons. The average molecular weight is 235 g/mol. The Balaban J connectivity index is 2.26. The molecule has 0 bridgehead atoms. The van der Waals surface area contributed by atoms with Gasteiger partial charge in [-0.05, 0) is 37.9 Å². The number of hydrogen-bond donors (Lipinski definition) is 2. The highest BCUT2D eigenvalue weighted by Crippen LogP contribution is 2.10. The third-order valence-corrected chi connectivity index (χ3v) is 2.67. The SMILES string of the molecule is C[C@H](NC(=O)CCCCCN)c1cccnc1. The summed E-state index contributed by atoms with van der Waals surface area (Å²) in [4.78, 5) is 15.7. The molecule has 3 N–H and O–H groups in total. The van der Waals surface area contributed by atoms with Crippen LogP contribution in [0.15, 0.2) is 24.5 Å². The highest BCUT2D eigenvalue weighted by molar-refractivity contribution is 5.76. The van der Waals surface area contributed by atoms with E-state index in [4.69, 9.17) is 5.73 Å². The molecule has 0 aliphatic rings. The van der Waals surface area contributed by atoms with Gasteiger partial charge in [0, 0.05) is 18.8 Å². The summed E-state index contributed by atoms with van der Waals surface area (Å²) in [6.07, 6.45) is 6.99. The summed E-state index contributed by atoms with van der Waals surface area (Å²) in [5.74, 6) is 0.0957. The van der Waals surface area contributed by atoms with E-state index in [0.717, 1.165) is 24.8 Å². The van der Waals surface area contributed by atoms with Gasteiger partial charge in [0.25, 0.3) is 0 Å². The summed E-state index contributed by atoms with van der Waals surface area (Å²) in [5, 5.41) is 2.96. The van der Waals surface area contributed by atoms with Crippen LogP contribution in [0.4, 0.5) is 0 Å². The number of nitrogens with one attached hydrogen (secondary N) is 1. The Kier molecular flexibility index (Phi) is 6.25. The Bertz CT molecular complexity index is 327. The summed E-state index contributed by atoms with van der Waals surface area (Å²) in [6, 6.07) is 3.86. The lowest BCUT2D eigenvalue weighted by Gasteiger charge is -2.13. The largest absolute Gasteiger partial charge is 0.350 e. The fourth-order valence-corrected chi connectivity index (χ4v) is 1.64. The maximum atomic E-state index is 11.6. The Hall–Kier alpha value is -1.42. The van der Waals surface area contributed by atoms with E-state index in [1.54, 1.807) is 12.4 Å². The first-order valence-electron chi connectivity index (χ1n) is 6.13. The molecule has 1 aromatic rings. The van der Waals surface area contributed by atoms with Crippen LogP contribution in [0.2, 0.25) is 0 Å². The van der Waals surface area contributed by atoms with Crippen LogP contribution in [0.1, 0.15) is 44.2 Å². The van der Waals surface area contributed by atoms with E-state index in [-0.39, 0.29) is 11.9 Å². The Morgan fingerprint density at radius 2 is 2.29 bits per heavy atom. The van der Waals surface area contributed by atoms with Gasteiger partial charge < -0.3 is 11.1 Å². The van der Waals surface area contributed by atoms with E-state index in [1.165, 1.54) is 0 Å². The average Bonchev–Trinajstić information content (AvgIpc) is 2.36. The zero-order valence-corrected chi connectivity index (χ0v) is 10.4. The van der Waals surface area contributed by atoms with Gasteiger partial charge in [0.05, 0.1) is 6.04 Å². The van der Waals surface area contributed by atoms with E-state index >= 15 is 0 Å². The van der Waals surface area contributed by atoms with E-state index in [9.17, 15) is 4.79 Å². The first kappa shape index (κ1) is 13.6. The van der Waals surface area contributed by atoms with Crippen LogP contribution in [0, 0.1) is 0 Å². The van der Waals surface area contributed by atoms with Gasteiger partial charge in [-0.3, -0.25) is 9.78 Å². The molecule has 1 aromatic heterocycles. The first-order chi connectivity index (χ1) is 8.24. The summed E-state index contributed by atoms with van der Waals surface area (Å²) in [6.45, 7) is 2.67. The summed E-state index contributed by atoms with van der Waals surface area (Å²) < 4.78 is 0. The van der Waals surface area contributed by atoms with Crippen molar-refractivity contribution in [2.24, 2.45) is 5.73 Å². The smallest absolute Gasteiger partial charge is 0.220 e. The minimum Gasteiger partial charge on any atom is -0.350 e. The highest BCUT2D eigenvalue weighted by atomic mass is 16.1. The van der Waals surface area contributed by atoms with Crippen LogP contribution >= 0.6 is 0 Å². The normalized spacial score (nSPS) is 12.1. The summed E-state index contributed by atoms with van der Waals surface area (Å²) in [5.41, 5.74) is 6.43. The first-order valence-corrected chi connectivity index (χ1v) is 6.13. The van der Waals surface area contributed by atoms with Gasteiger partial charge in [0.15, 0.2) is 0 Å². The van der Waals surface area contributed by atoms with Crippen LogP contribution in [-0.4, -0.2) is 17.4 Å². The number of carbonyl (C=O) groups excluding carboxylic acids is 1. The molecule has 0 unspecified atom stereocenters. The molecule has 0 aliphatic heterocycles. The second kappa shape index (κ2) is 7.79. The molecule has 0 saturated carbocycles. The molecular formula is C13H21N3O. The number of pyridine rings is 1. The van der Waals surface area contributed by atoms with E-state index in [0.29, 0.717) is 13.0 Å². The van der Waals surface area contributed by atoms with E-state index < -0.39 is 0 Å². The molecule has 0 spiro atoms. The summed E-state index contributed by atoms with van der Waals surface area (Å²) >= 11 is 0. The molecule has 0 aromatic carbocycles. The lowest BCUT2D eigenvalue weighted by atomic mass is 10.1. The molecule has 4 heteroatoms. The number of hydrogen-bond acceptors (Lipinski definition) is 3.